The van der Waals surface area contributed by atoms with Crippen LogP contribution in [0.5, 0.6) is 5.75 Å². The number of carboxylic acid groups (broad SMARTS) is 1. The molecule has 0 radical (unpaired) electrons. The number of amides is 1. The van der Waals surface area contributed by atoms with E-state index in [0.717, 1.165) is 17.3 Å². The number of hydrogen-bond donors (Lipinski definition) is 2. The van der Waals surface area contributed by atoms with Crippen molar-refractivity contribution < 1.29 is 19.8 Å². The van der Waals surface area contributed by atoms with E-state index in [4.69, 9.17) is 12.2 Å². The molecule has 0 aliphatic carbocycles. The minimum absolute atomic E-state index is 0.133. The van der Waals surface area contributed by atoms with Gasteiger partial charge in [0.2, 0.25) is 0 Å². The second-order valence-electron chi connectivity index (χ2n) is 5.41. The van der Waals surface area contributed by atoms with E-state index >= 15 is 0 Å². The molecule has 1 fully saturated rings. The van der Waals surface area contributed by atoms with E-state index in [9.17, 15) is 19.8 Å². The lowest BCUT2D eigenvalue weighted by Crippen LogP contribution is -2.27. The van der Waals surface area contributed by atoms with Gasteiger partial charge in [0.05, 0.1) is 16.2 Å². The Morgan fingerprint density at radius 2 is 1.88 bits per heavy atom. The van der Waals surface area contributed by atoms with E-state index in [1.165, 1.54) is 23.1 Å². The van der Waals surface area contributed by atoms with Crippen molar-refractivity contribution in [1.29, 1.82) is 0 Å². The van der Waals surface area contributed by atoms with Crippen molar-refractivity contribution in [2.75, 3.05) is 4.90 Å². The molecule has 1 amide bonds. The third-order valence-corrected chi connectivity index (χ3v) is 5.00. The van der Waals surface area contributed by atoms with Crippen LogP contribution >= 0.6 is 24.0 Å². The summed E-state index contributed by atoms with van der Waals surface area (Å²) in [7, 11) is 0. The number of thiocarbonyl (C=S) groups is 1. The number of carbonyl (C=O) groups is 2. The van der Waals surface area contributed by atoms with Crippen molar-refractivity contribution in [3.05, 3.63) is 64.1 Å². The quantitative estimate of drug-likeness (QED) is 0.631. The number of anilines is 1. The van der Waals surface area contributed by atoms with Gasteiger partial charge in [0.15, 0.2) is 4.32 Å². The van der Waals surface area contributed by atoms with Crippen LogP contribution in [0.4, 0.5) is 5.69 Å². The average molecular weight is 371 g/mol. The fraction of sp³-hybridized carbons (Fsp3) is 0.0556. The summed E-state index contributed by atoms with van der Waals surface area (Å²) in [5, 5.41) is 18.6. The second kappa shape index (κ2) is 6.70. The molecule has 1 saturated heterocycles. The SMILES string of the molecule is Cc1ccc(N2C(=O)C(=Cc3ccc(O)cc3)SC2=S)cc1C(=O)O. The van der Waals surface area contributed by atoms with Crippen LogP contribution in [-0.4, -0.2) is 26.4 Å². The summed E-state index contributed by atoms with van der Waals surface area (Å²) < 4.78 is 0.343. The Hall–Kier alpha value is -2.64. The van der Waals surface area contributed by atoms with Gasteiger partial charge in [0, 0.05) is 0 Å². The molecule has 1 aliphatic rings. The van der Waals surface area contributed by atoms with E-state index in [1.54, 1.807) is 37.3 Å². The van der Waals surface area contributed by atoms with E-state index in [2.05, 4.69) is 0 Å². The van der Waals surface area contributed by atoms with Gasteiger partial charge < -0.3 is 10.2 Å². The highest BCUT2D eigenvalue weighted by molar-refractivity contribution is 8.27. The van der Waals surface area contributed by atoms with E-state index < -0.39 is 5.97 Å². The van der Waals surface area contributed by atoms with Crippen molar-refractivity contribution in [1.82, 2.24) is 0 Å². The fourth-order valence-corrected chi connectivity index (χ4v) is 3.69. The van der Waals surface area contributed by atoms with Crippen molar-refractivity contribution >= 4 is 51.9 Å². The van der Waals surface area contributed by atoms with Gasteiger partial charge in [-0.2, -0.15) is 0 Å². The third-order valence-electron chi connectivity index (χ3n) is 3.69. The molecule has 2 aromatic rings. The average Bonchev–Trinajstić information content (AvgIpc) is 2.84. The highest BCUT2D eigenvalue weighted by Gasteiger charge is 2.33. The Morgan fingerprint density at radius 1 is 1.20 bits per heavy atom. The van der Waals surface area contributed by atoms with Crippen LogP contribution in [0.1, 0.15) is 21.5 Å². The molecule has 2 N–H and O–H groups in total. The van der Waals surface area contributed by atoms with Crippen LogP contribution in [0.2, 0.25) is 0 Å². The number of carbonyl (C=O) groups excluding carboxylic acids is 1. The van der Waals surface area contributed by atoms with Gasteiger partial charge in [-0.1, -0.05) is 42.2 Å². The molecule has 0 saturated carbocycles. The molecule has 2 aromatic carbocycles. The summed E-state index contributed by atoms with van der Waals surface area (Å²) in [5.41, 5.74) is 1.93. The number of nitrogens with zero attached hydrogens (tertiary/aromatic N) is 1. The van der Waals surface area contributed by atoms with Crippen LogP contribution in [0.15, 0.2) is 47.4 Å². The molecule has 3 rings (SSSR count). The zero-order valence-electron chi connectivity index (χ0n) is 13.1. The van der Waals surface area contributed by atoms with Crippen molar-refractivity contribution in [3.8, 4) is 5.75 Å². The maximum Gasteiger partial charge on any atom is 0.336 e. The first-order valence-electron chi connectivity index (χ1n) is 7.28. The standard InChI is InChI=1S/C18H13NO4S2/c1-10-2-5-12(9-14(10)17(22)23)19-16(21)15(25-18(19)24)8-11-3-6-13(20)7-4-11/h2-9,20H,1H3,(H,22,23). The van der Waals surface area contributed by atoms with Gasteiger partial charge in [-0.25, -0.2) is 4.79 Å². The predicted octanol–water partition coefficient (Wildman–Crippen LogP) is 3.80. The zero-order valence-corrected chi connectivity index (χ0v) is 14.7. The number of aromatic carboxylic acids is 1. The van der Waals surface area contributed by atoms with Crippen molar-refractivity contribution in [2.24, 2.45) is 0 Å². The van der Waals surface area contributed by atoms with E-state index in [0.29, 0.717) is 20.5 Å². The Bertz CT molecular complexity index is 919. The normalized spacial score (nSPS) is 15.9. The fourth-order valence-electron chi connectivity index (χ4n) is 2.39. The minimum atomic E-state index is -1.05. The number of phenols is 1. The molecule has 5 nitrogen and oxygen atoms in total. The molecular weight excluding hydrogens is 358 g/mol. The van der Waals surface area contributed by atoms with Gasteiger partial charge in [-0.3, -0.25) is 9.69 Å². The lowest BCUT2D eigenvalue weighted by molar-refractivity contribution is -0.113. The highest BCUT2D eigenvalue weighted by Crippen LogP contribution is 2.36. The Balaban J connectivity index is 1.95. The topological polar surface area (TPSA) is 77.8 Å². The highest BCUT2D eigenvalue weighted by atomic mass is 32.2. The van der Waals surface area contributed by atoms with E-state index in [1.807, 2.05) is 0 Å². The molecule has 0 spiro atoms. The van der Waals surface area contributed by atoms with Crippen LogP contribution in [-0.2, 0) is 4.79 Å². The molecule has 0 atom stereocenters. The van der Waals surface area contributed by atoms with Crippen LogP contribution in [0.3, 0.4) is 0 Å². The number of thioether (sulfide) groups is 1. The Labute approximate surface area is 153 Å². The molecule has 0 aromatic heterocycles. The lowest BCUT2D eigenvalue weighted by atomic mass is 10.1. The van der Waals surface area contributed by atoms with Crippen LogP contribution in [0, 0.1) is 6.92 Å². The molecule has 1 heterocycles. The number of phenolic OH excluding ortho intramolecular Hbond substituents is 1. The molecule has 1 aliphatic heterocycles. The van der Waals surface area contributed by atoms with E-state index in [-0.39, 0.29) is 17.2 Å². The summed E-state index contributed by atoms with van der Waals surface area (Å²) in [6.07, 6.45) is 1.69. The molecular formula is C18H13NO4S2. The smallest absolute Gasteiger partial charge is 0.336 e. The van der Waals surface area contributed by atoms with Crippen LogP contribution < -0.4 is 4.90 Å². The largest absolute Gasteiger partial charge is 0.508 e. The third kappa shape index (κ3) is 3.42. The van der Waals surface area contributed by atoms with Gasteiger partial charge in [0.1, 0.15) is 5.75 Å². The maximum atomic E-state index is 12.7. The predicted molar refractivity (Wildman–Crippen MR) is 102 cm³/mol. The molecule has 0 bridgehead atoms. The number of hydrogen-bond acceptors (Lipinski definition) is 5. The summed E-state index contributed by atoms with van der Waals surface area (Å²) in [6, 6.07) is 11.2. The first-order chi connectivity index (χ1) is 11.9. The monoisotopic (exact) mass is 371 g/mol. The van der Waals surface area contributed by atoms with Gasteiger partial charge in [0.25, 0.3) is 5.91 Å². The molecule has 126 valence electrons. The van der Waals surface area contributed by atoms with Gasteiger partial charge in [-0.15, -0.1) is 0 Å². The summed E-state index contributed by atoms with van der Waals surface area (Å²) in [5.74, 6) is -1.21. The number of rotatable bonds is 3. The molecule has 25 heavy (non-hydrogen) atoms. The van der Waals surface area contributed by atoms with Gasteiger partial charge >= 0.3 is 5.97 Å². The van der Waals surface area contributed by atoms with Crippen molar-refractivity contribution in [3.63, 3.8) is 0 Å². The first kappa shape index (κ1) is 17.2. The lowest BCUT2D eigenvalue weighted by Gasteiger charge is -2.15. The number of aryl methyl sites for hydroxylation is 1. The Morgan fingerprint density at radius 3 is 2.52 bits per heavy atom. The molecule has 7 heteroatoms. The Kier molecular flexibility index (Phi) is 4.61. The minimum Gasteiger partial charge on any atom is -0.508 e. The van der Waals surface area contributed by atoms with Crippen molar-refractivity contribution in [2.45, 2.75) is 6.92 Å². The second-order valence-corrected chi connectivity index (χ2v) is 7.09. The first-order valence-corrected chi connectivity index (χ1v) is 8.50. The van der Waals surface area contributed by atoms with Crippen LogP contribution in [0.25, 0.3) is 6.08 Å². The number of carboxylic acids is 1. The zero-order chi connectivity index (χ0) is 18.1. The number of aromatic hydroxyl groups is 1. The molecule has 0 unspecified atom stereocenters. The summed E-state index contributed by atoms with van der Waals surface area (Å²) >= 11 is 6.45. The van der Waals surface area contributed by atoms with Gasteiger partial charge in [-0.05, 0) is 48.4 Å². The maximum absolute atomic E-state index is 12.7. The summed E-state index contributed by atoms with van der Waals surface area (Å²) in [4.78, 5) is 25.8. The number of benzene rings is 2. The summed E-state index contributed by atoms with van der Waals surface area (Å²) in [6.45, 7) is 1.70.